The van der Waals surface area contributed by atoms with E-state index in [-0.39, 0.29) is 12.8 Å². The third-order valence-corrected chi connectivity index (χ3v) is 4.40. The molecular formula is C16H26O6. The molecule has 1 aliphatic carbocycles. The fourth-order valence-corrected chi connectivity index (χ4v) is 3.19. The lowest BCUT2D eigenvalue weighted by atomic mass is 9.74. The fourth-order valence-electron chi connectivity index (χ4n) is 3.19. The van der Waals surface area contributed by atoms with Crippen LogP contribution in [-0.2, 0) is 9.59 Å². The zero-order valence-electron chi connectivity index (χ0n) is 12.9. The number of unbranched alkanes of at least 4 members (excludes halogenated alkanes) is 2. The molecule has 6 nitrogen and oxygen atoms in total. The normalized spacial score (nSPS) is 29.8. The van der Waals surface area contributed by atoms with Crippen LogP contribution in [0.3, 0.4) is 0 Å². The van der Waals surface area contributed by atoms with Crippen molar-refractivity contribution in [2.24, 2.45) is 11.3 Å². The molecular weight excluding hydrogens is 288 g/mol. The van der Waals surface area contributed by atoms with E-state index < -0.39 is 41.9 Å². The Balaban J connectivity index is 2.80. The highest BCUT2D eigenvalue weighted by molar-refractivity contribution is 5.82. The van der Waals surface area contributed by atoms with Crippen LogP contribution in [0.1, 0.15) is 51.9 Å². The summed E-state index contributed by atoms with van der Waals surface area (Å²) in [4.78, 5) is 22.6. The highest BCUT2D eigenvalue weighted by atomic mass is 16.4. The van der Waals surface area contributed by atoms with Gasteiger partial charge in [0.1, 0.15) is 0 Å². The Labute approximate surface area is 130 Å². The lowest BCUT2D eigenvalue weighted by Gasteiger charge is -2.27. The molecule has 0 amide bonds. The number of aliphatic hydroxyl groups excluding tert-OH is 2. The van der Waals surface area contributed by atoms with Crippen LogP contribution in [0.4, 0.5) is 0 Å². The molecule has 0 aromatic carbocycles. The van der Waals surface area contributed by atoms with Crippen LogP contribution in [-0.4, -0.2) is 44.6 Å². The van der Waals surface area contributed by atoms with Gasteiger partial charge in [-0.05, 0) is 25.2 Å². The van der Waals surface area contributed by atoms with Gasteiger partial charge in [0.25, 0.3) is 0 Å². The fraction of sp³-hybridized carbons (Fsp3) is 0.750. The van der Waals surface area contributed by atoms with Crippen LogP contribution < -0.4 is 0 Å². The second-order valence-electron chi connectivity index (χ2n) is 6.18. The summed E-state index contributed by atoms with van der Waals surface area (Å²) in [6.45, 7) is 2.06. The van der Waals surface area contributed by atoms with E-state index in [1.165, 1.54) is 6.08 Å². The Bertz CT molecular complexity index is 419. The predicted molar refractivity (Wildman–Crippen MR) is 80.3 cm³/mol. The molecule has 4 unspecified atom stereocenters. The van der Waals surface area contributed by atoms with Crippen molar-refractivity contribution in [3.8, 4) is 0 Å². The summed E-state index contributed by atoms with van der Waals surface area (Å²) < 4.78 is 0. The SMILES string of the molecule is CCCCCC(O)C=CC1CC(O)CC1(CC(=O)O)C(=O)O. The van der Waals surface area contributed by atoms with Gasteiger partial charge in [0, 0.05) is 0 Å². The summed E-state index contributed by atoms with van der Waals surface area (Å²) in [5.41, 5.74) is -1.50. The molecule has 0 aromatic rings. The quantitative estimate of drug-likeness (QED) is 0.381. The first-order valence-electron chi connectivity index (χ1n) is 7.81. The molecule has 1 saturated carbocycles. The van der Waals surface area contributed by atoms with Crippen molar-refractivity contribution in [2.75, 3.05) is 0 Å². The highest BCUT2D eigenvalue weighted by Gasteiger charge is 2.52. The zero-order valence-corrected chi connectivity index (χ0v) is 12.9. The minimum absolute atomic E-state index is 0.0738. The number of hydrogen-bond acceptors (Lipinski definition) is 4. The van der Waals surface area contributed by atoms with E-state index in [1.54, 1.807) is 6.08 Å². The molecule has 0 saturated heterocycles. The number of allylic oxidation sites excluding steroid dienone is 1. The van der Waals surface area contributed by atoms with Crippen LogP contribution in [0.2, 0.25) is 0 Å². The van der Waals surface area contributed by atoms with Gasteiger partial charge < -0.3 is 20.4 Å². The third-order valence-electron chi connectivity index (χ3n) is 4.40. The van der Waals surface area contributed by atoms with Gasteiger partial charge in [-0.15, -0.1) is 0 Å². The Morgan fingerprint density at radius 1 is 1.32 bits per heavy atom. The standard InChI is InChI=1S/C16H26O6/c1-2-3-4-5-12(17)7-6-11-8-13(18)9-16(11,15(21)22)10-14(19)20/h6-7,11-13,17-18H,2-5,8-10H2,1H3,(H,19,20)(H,21,22). The van der Waals surface area contributed by atoms with Gasteiger partial charge in [0.15, 0.2) is 0 Å². The molecule has 1 aliphatic rings. The smallest absolute Gasteiger partial charge is 0.310 e. The number of carboxylic acid groups (broad SMARTS) is 2. The van der Waals surface area contributed by atoms with Crippen molar-refractivity contribution in [1.82, 2.24) is 0 Å². The van der Waals surface area contributed by atoms with Crippen LogP contribution >= 0.6 is 0 Å². The molecule has 0 aliphatic heterocycles. The number of rotatable bonds is 9. The summed E-state index contributed by atoms with van der Waals surface area (Å²) in [7, 11) is 0. The topological polar surface area (TPSA) is 115 Å². The molecule has 4 atom stereocenters. The maximum Gasteiger partial charge on any atom is 0.310 e. The first-order valence-corrected chi connectivity index (χ1v) is 7.81. The minimum atomic E-state index is -1.50. The van der Waals surface area contributed by atoms with E-state index in [9.17, 15) is 24.9 Å². The number of aliphatic carboxylic acids is 2. The van der Waals surface area contributed by atoms with Crippen molar-refractivity contribution in [3.05, 3.63) is 12.2 Å². The molecule has 22 heavy (non-hydrogen) atoms. The molecule has 1 rings (SSSR count). The Morgan fingerprint density at radius 3 is 2.55 bits per heavy atom. The number of aliphatic hydroxyl groups is 2. The molecule has 0 aromatic heterocycles. The lowest BCUT2D eigenvalue weighted by molar-refractivity contribution is -0.157. The molecule has 6 heteroatoms. The van der Waals surface area contributed by atoms with E-state index in [1.807, 2.05) is 0 Å². The van der Waals surface area contributed by atoms with Crippen LogP contribution in [0, 0.1) is 11.3 Å². The summed E-state index contributed by atoms with van der Waals surface area (Å²) in [5, 5.41) is 38.1. The summed E-state index contributed by atoms with van der Waals surface area (Å²) >= 11 is 0. The maximum atomic E-state index is 11.6. The molecule has 0 spiro atoms. The van der Waals surface area contributed by atoms with E-state index in [2.05, 4.69) is 6.92 Å². The molecule has 0 heterocycles. The van der Waals surface area contributed by atoms with Gasteiger partial charge in [-0.25, -0.2) is 0 Å². The van der Waals surface area contributed by atoms with E-state index in [4.69, 9.17) is 5.11 Å². The summed E-state index contributed by atoms with van der Waals surface area (Å²) in [6.07, 6.45) is 4.77. The Hall–Kier alpha value is -1.40. The zero-order chi connectivity index (χ0) is 16.8. The molecule has 4 N–H and O–H groups in total. The predicted octanol–water partition coefficient (Wildman–Crippen LogP) is 1.80. The van der Waals surface area contributed by atoms with Crippen molar-refractivity contribution in [1.29, 1.82) is 0 Å². The van der Waals surface area contributed by atoms with Gasteiger partial charge in [0.05, 0.1) is 24.0 Å². The first-order chi connectivity index (χ1) is 10.3. The highest BCUT2D eigenvalue weighted by Crippen LogP contribution is 2.47. The van der Waals surface area contributed by atoms with Crippen LogP contribution in [0.25, 0.3) is 0 Å². The monoisotopic (exact) mass is 314 g/mol. The van der Waals surface area contributed by atoms with E-state index in [0.29, 0.717) is 6.42 Å². The second-order valence-corrected chi connectivity index (χ2v) is 6.18. The maximum absolute atomic E-state index is 11.6. The van der Waals surface area contributed by atoms with Crippen molar-refractivity contribution >= 4 is 11.9 Å². The average Bonchev–Trinajstić information content (AvgIpc) is 2.73. The van der Waals surface area contributed by atoms with E-state index in [0.717, 1.165) is 19.3 Å². The minimum Gasteiger partial charge on any atom is -0.481 e. The number of carboxylic acids is 2. The number of carbonyl (C=O) groups is 2. The van der Waals surface area contributed by atoms with Gasteiger partial charge in [-0.2, -0.15) is 0 Å². The Morgan fingerprint density at radius 2 is 2.00 bits per heavy atom. The summed E-state index contributed by atoms with van der Waals surface area (Å²) in [6, 6.07) is 0. The first kappa shape index (κ1) is 18.6. The molecule has 126 valence electrons. The second kappa shape index (κ2) is 8.29. The number of hydrogen-bond donors (Lipinski definition) is 4. The molecule has 0 radical (unpaired) electrons. The lowest BCUT2D eigenvalue weighted by Crippen LogP contribution is -2.36. The van der Waals surface area contributed by atoms with Crippen molar-refractivity contribution in [2.45, 2.75) is 64.1 Å². The average molecular weight is 314 g/mol. The largest absolute Gasteiger partial charge is 0.481 e. The summed E-state index contributed by atoms with van der Waals surface area (Å²) in [5.74, 6) is -2.99. The van der Waals surface area contributed by atoms with Gasteiger partial charge in [-0.1, -0.05) is 38.3 Å². The van der Waals surface area contributed by atoms with E-state index >= 15 is 0 Å². The molecule has 1 fully saturated rings. The Kier molecular flexibility index (Phi) is 7.03. The van der Waals surface area contributed by atoms with Crippen molar-refractivity contribution < 1.29 is 30.0 Å². The molecule has 0 bridgehead atoms. The van der Waals surface area contributed by atoms with Crippen molar-refractivity contribution in [3.63, 3.8) is 0 Å². The third kappa shape index (κ3) is 4.81. The van der Waals surface area contributed by atoms with Gasteiger partial charge in [-0.3, -0.25) is 9.59 Å². The van der Waals surface area contributed by atoms with Crippen LogP contribution in [0.15, 0.2) is 12.2 Å². The van der Waals surface area contributed by atoms with Crippen LogP contribution in [0.5, 0.6) is 0 Å². The van der Waals surface area contributed by atoms with Gasteiger partial charge in [0.2, 0.25) is 0 Å². The van der Waals surface area contributed by atoms with Gasteiger partial charge >= 0.3 is 11.9 Å².